The third-order valence-electron chi connectivity index (χ3n) is 3.14. The standard InChI is InChI=1S/C15H16N4/c1-11(16)12-5-2-3-6-13(12)18-15-8-4-7-14-17-9-10-19(14)15/h2-11,18H,16H2,1H3. The molecule has 3 aromatic rings. The Hall–Kier alpha value is -2.33. The summed E-state index contributed by atoms with van der Waals surface area (Å²) in [6.45, 7) is 1.98. The lowest BCUT2D eigenvalue weighted by molar-refractivity contribution is 0.820. The van der Waals surface area contributed by atoms with Gasteiger partial charge in [0.05, 0.1) is 0 Å². The van der Waals surface area contributed by atoms with Gasteiger partial charge in [-0.05, 0) is 30.7 Å². The van der Waals surface area contributed by atoms with E-state index >= 15 is 0 Å². The van der Waals surface area contributed by atoms with Crippen LogP contribution in [-0.4, -0.2) is 9.38 Å². The predicted molar refractivity (Wildman–Crippen MR) is 77.5 cm³/mol. The molecule has 4 nitrogen and oxygen atoms in total. The van der Waals surface area contributed by atoms with Crippen LogP contribution in [0.5, 0.6) is 0 Å². The second-order valence-corrected chi connectivity index (χ2v) is 4.57. The third-order valence-corrected chi connectivity index (χ3v) is 3.14. The van der Waals surface area contributed by atoms with E-state index in [0.29, 0.717) is 0 Å². The quantitative estimate of drug-likeness (QED) is 0.753. The summed E-state index contributed by atoms with van der Waals surface area (Å²) in [6, 6.07) is 14.1. The number of nitrogens with zero attached hydrogens (tertiary/aromatic N) is 2. The largest absolute Gasteiger partial charge is 0.341 e. The summed E-state index contributed by atoms with van der Waals surface area (Å²) in [5.74, 6) is 0.975. The van der Waals surface area contributed by atoms with Crippen LogP contribution in [-0.2, 0) is 0 Å². The fraction of sp³-hybridized carbons (Fsp3) is 0.133. The summed E-state index contributed by atoms with van der Waals surface area (Å²) in [6.07, 6.45) is 3.73. The molecule has 1 atom stereocenters. The topological polar surface area (TPSA) is 55.3 Å². The highest BCUT2D eigenvalue weighted by molar-refractivity contribution is 5.63. The number of para-hydroxylation sites is 1. The fourth-order valence-corrected chi connectivity index (χ4v) is 2.20. The highest BCUT2D eigenvalue weighted by atomic mass is 15.1. The summed E-state index contributed by atoms with van der Waals surface area (Å²) in [5, 5.41) is 3.43. The van der Waals surface area contributed by atoms with E-state index in [1.807, 2.05) is 60.0 Å². The number of anilines is 2. The van der Waals surface area contributed by atoms with Crippen LogP contribution >= 0.6 is 0 Å². The van der Waals surface area contributed by atoms with E-state index in [1.165, 1.54) is 0 Å². The number of nitrogens with two attached hydrogens (primary N) is 1. The molecule has 0 aliphatic heterocycles. The smallest absolute Gasteiger partial charge is 0.138 e. The van der Waals surface area contributed by atoms with Gasteiger partial charge in [0.15, 0.2) is 0 Å². The minimum absolute atomic E-state index is 0.00862. The fourth-order valence-electron chi connectivity index (χ4n) is 2.20. The predicted octanol–water partition coefficient (Wildman–Crippen LogP) is 3.10. The Balaban J connectivity index is 2.04. The van der Waals surface area contributed by atoms with Crippen molar-refractivity contribution >= 4 is 17.2 Å². The van der Waals surface area contributed by atoms with Crippen LogP contribution in [0.25, 0.3) is 5.65 Å². The minimum atomic E-state index is -0.00862. The van der Waals surface area contributed by atoms with Crippen molar-refractivity contribution in [1.82, 2.24) is 9.38 Å². The van der Waals surface area contributed by atoms with E-state index in [-0.39, 0.29) is 6.04 Å². The van der Waals surface area contributed by atoms with Crippen LogP contribution in [0, 0.1) is 0 Å². The van der Waals surface area contributed by atoms with Gasteiger partial charge < -0.3 is 11.1 Å². The van der Waals surface area contributed by atoms with Gasteiger partial charge in [0, 0.05) is 24.1 Å². The molecule has 0 saturated carbocycles. The Labute approximate surface area is 111 Å². The lowest BCUT2D eigenvalue weighted by Gasteiger charge is -2.15. The molecule has 1 unspecified atom stereocenters. The van der Waals surface area contributed by atoms with Crippen LogP contribution in [0.3, 0.4) is 0 Å². The molecule has 0 aliphatic carbocycles. The second kappa shape index (κ2) is 4.74. The van der Waals surface area contributed by atoms with Crippen LogP contribution in [0.15, 0.2) is 54.9 Å². The van der Waals surface area contributed by atoms with Crippen molar-refractivity contribution in [3.05, 3.63) is 60.4 Å². The van der Waals surface area contributed by atoms with E-state index in [9.17, 15) is 0 Å². The Bertz CT molecular complexity index is 700. The summed E-state index contributed by atoms with van der Waals surface area (Å²) in [7, 11) is 0. The van der Waals surface area contributed by atoms with Crippen molar-refractivity contribution in [1.29, 1.82) is 0 Å². The van der Waals surface area contributed by atoms with Gasteiger partial charge in [0.1, 0.15) is 11.5 Å². The maximum atomic E-state index is 6.00. The molecule has 3 N–H and O–H groups in total. The van der Waals surface area contributed by atoms with E-state index in [2.05, 4.69) is 10.3 Å². The molecule has 96 valence electrons. The Morgan fingerprint density at radius 2 is 2.00 bits per heavy atom. The summed E-state index contributed by atoms with van der Waals surface area (Å²) >= 11 is 0. The van der Waals surface area contributed by atoms with Crippen LogP contribution in [0.4, 0.5) is 11.5 Å². The molecule has 2 heterocycles. The molecule has 0 bridgehead atoms. The van der Waals surface area contributed by atoms with Gasteiger partial charge in [0.2, 0.25) is 0 Å². The van der Waals surface area contributed by atoms with Crippen molar-refractivity contribution in [2.75, 3.05) is 5.32 Å². The maximum absolute atomic E-state index is 6.00. The van der Waals surface area contributed by atoms with Crippen molar-refractivity contribution < 1.29 is 0 Å². The molecule has 0 saturated heterocycles. The number of hydrogen-bond donors (Lipinski definition) is 2. The first kappa shape index (κ1) is 11.7. The molecular weight excluding hydrogens is 236 g/mol. The lowest BCUT2D eigenvalue weighted by Crippen LogP contribution is -2.08. The number of fused-ring (bicyclic) bond motifs is 1. The third kappa shape index (κ3) is 2.18. The number of pyridine rings is 1. The average Bonchev–Trinajstić information content (AvgIpc) is 2.88. The summed E-state index contributed by atoms with van der Waals surface area (Å²) in [4.78, 5) is 4.28. The average molecular weight is 252 g/mol. The SMILES string of the molecule is CC(N)c1ccccc1Nc1cccc2nccn12. The van der Waals surface area contributed by atoms with Gasteiger partial charge in [-0.3, -0.25) is 4.40 Å². The molecule has 19 heavy (non-hydrogen) atoms. The number of benzene rings is 1. The highest BCUT2D eigenvalue weighted by Crippen LogP contribution is 2.25. The number of aromatic nitrogens is 2. The number of nitrogens with one attached hydrogen (secondary N) is 1. The van der Waals surface area contributed by atoms with Crippen molar-refractivity contribution in [2.45, 2.75) is 13.0 Å². The number of imidazole rings is 1. The number of rotatable bonds is 3. The van der Waals surface area contributed by atoms with Gasteiger partial charge in [-0.15, -0.1) is 0 Å². The number of hydrogen-bond acceptors (Lipinski definition) is 3. The van der Waals surface area contributed by atoms with Crippen LogP contribution in [0.1, 0.15) is 18.5 Å². The van der Waals surface area contributed by atoms with Crippen molar-refractivity contribution in [3.63, 3.8) is 0 Å². The maximum Gasteiger partial charge on any atom is 0.138 e. The zero-order valence-corrected chi connectivity index (χ0v) is 10.7. The first-order chi connectivity index (χ1) is 9.25. The Morgan fingerprint density at radius 1 is 1.16 bits per heavy atom. The van der Waals surface area contributed by atoms with Gasteiger partial charge in [0.25, 0.3) is 0 Å². The lowest BCUT2D eigenvalue weighted by atomic mass is 10.1. The molecule has 0 radical (unpaired) electrons. The van der Waals surface area contributed by atoms with Gasteiger partial charge in [-0.1, -0.05) is 24.3 Å². The minimum Gasteiger partial charge on any atom is -0.341 e. The molecule has 0 aliphatic rings. The van der Waals surface area contributed by atoms with Crippen LogP contribution in [0.2, 0.25) is 0 Å². The Kier molecular flexibility index (Phi) is 2.93. The van der Waals surface area contributed by atoms with E-state index in [1.54, 1.807) is 6.20 Å². The van der Waals surface area contributed by atoms with Gasteiger partial charge in [-0.2, -0.15) is 0 Å². The van der Waals surface area contributed by atoms with Crippen molar-refractivity contribution in [2.24, 2.45) is 5.73 Å². The summed E-state index contributed by atoms with van der Waals surface area (Å²) < 4.78 is 2.01. The van der Waals surface area contributed by atoms with Crippen LogP contribution < -0.4 is 11.1 Å². The van der Waals surface area contributed by atoms with Crippen molar-refractivity contribution in [3.8, 4) is 0 Å². The molecule has 0 amide bonds. The molecule has 4 heteroatoms. The van der Waals surface area contributed by atoms with Gasteiger partial charge in [-0.25, -0.2) is 4.98 Å². The second-order valence-electron chi connectivity index (χ2n) is 4.57. The zero-order valence-electron chi connectivity index (χ0n) is 10.7. The first-order valence-corrected chi connectivity index (χ1v) is 6.29. The molecule has 0 fully saturated rings. The monoisotopic (exact) mass is 252 g/mol. The highest BCUT2D eigenvalue weighted by Gasteiger charge is 2.07. The molecule has 1 aromatic carbocycles. The Morgan fingerprint density at radius 3 is 2.84 bits per heavy atom. The normalized spacial score (nSPS) is 12.5. The van der Waals surface area contributed by atoms with E-state index in [4.69, 9.17) is 5.73 Å². The molecule has 3 rings (SSSR count). The zero-order chi connectivity index (χ0) is 13.2. The molecule has 0 spiro atoms. The summed E-state index contributed by atoms with van der Waals surface area (Å²) in [5.41, 5.74) is 9.04. The molecule has 2 aromatic heterocycles. The van der Waals surface area contributed by atoms with Gasteiger partial charge >= 0.3 is 0 Å². The molecular formula is C15H16N4. The first-order valence-electron chi connectivity index (χ1n) is 6.29. The van der Waals surface area contributed by atoms with E-state index < -0.39 is 0 Å². The van der Waals surface area contributed by atoms with E-state index in [0.717, 1.165) is 22.7 Å².